The van der Waals surface area contributed by atoms with E-state index in [0.29, 0.717) is 10.2 Å². The summed E-state index contributed by atoms with van der Waals surface area (Å²) in [5.74, 6) is -1.45. The van der Waals surface area contributed by atoms with Gasteiger partial charge in [0.1, 0.15) is 11.6 Å². The molecule has 0 saturated heterocycles. The Balaban J connectivity index is 2.58. The van der Waals surface area contributed by atoms with Crippen molar-refractivity contribution >= 4 is 27.5 Å². The summed E-state index contributed by atoms with van der Waals surface area (Å²) in [6.07, 6.45) is 1.42. The molecule has 0 aliphatic heterocycles. The van der Waals surface area contributed by atoms with Crippen LogP contribution in [-0.2, 0) is 0 Å². The topological polar surface area (TPSA) is 43.8 Å². The van der Waals surface area contributed by atoms with Gasteiger partial charge in [-0.15, -0.1) is 0 Å². The average molecular weight is 365 g/mol. The minimum Gasteiger partial charge on any atom is -0.319 e. The maximum absolute atomic E-state index is 14.0. The largest absolute Gasteiger partial charge is 0.319 e. The molecule has 0 bridgehead atoms. The lowest BCUT2D eigenvalue weighted by atomic mass is 10.0. The van der Waals surface area contributed by atoms with E-state index in [-0.39, 0.29) is 16.6 Å². The molecule has 20 heavy (non-hydrogen) atoms. The van der Waals surface area contributed by atoms with Crippen LogP contribution in [0.2, 0.25) is 5.02 Å². The predicted molar refractivity (Wildman–Crippen MR) is 77.7 cm³/mol. The molecule has 2 rings (SSSR count). The third kappa shape index (κ3) is 2.73. The third-order valence-electron chi connectivity index (χ3n) is 2.93. The quantitative estimate of drug-likeness (QED) is 0.887. The molecule has 1 unspecified atom stereocenters. The first-order valence-electron chi connectivity index (χ1n) is 5.95. The Morgan fingerprint density at radius 1 is 1.30 bits per heavy atom. The Bertz CT molecular complexity index is 620. The van der Waals surface area contributed by atoms with Crippen molar-refractivity contribution in [2.75, 3.05) is 0 Å². The minimum atomic E-state index is -1.03. The fourth-order valence-corrected chi connectivity index (χ4v) is 2.69. The molecule has 2 aromatic rings. The van der Waals surface area contributed by atoms with Gasteiger partial charge < -0.3 is 5.73 Å². The van der Waals surface area contributed by atoms with Crippen LogP contribution in [0.5, 0.6) is 0 Å². The Kier molecular flexibility index (Phi) is 4.46. The van der Waals surface area contributed by atoms with Crippen molar-refractivity contribution in [3.63, 3.8) is 0 Å². The molecular weight excluding hydrogens is 352 g/mol. The van der Waals surface area contributed by atoms with Crippen molar-refractivity contribution in [1.82, 2.24) is 9.78 Å². The SMILES string of the molecule is CC(C)n1ncc(Cl)c1C(N)c1c(F)cc(Br)cc1F. The van der Waals surface area contributed by atoms with Crippen molar-refractivity contribution in [3.8, 4) is 0 Å². The molecule has 0 amide bonds. The van der Waals surface area contributed by atoms with Crippen LogP contribution >= 0.6 is 27.5 Å². The van der Waals surface area contributed by atoms with Crippen LogP contribution in [0.1, 0.15) is 37.2 Å². The first kappa shape index (κ1) is 15.4. The van der Waals surface area contributed by atoms with E-state index in [1.807, 2.05) is 13.8 Å². The Morgan fingerprint density at radius 3 is 2.35 bits per heavy atom. The van der Waals surface area contributed by atoms with E-state index in [0.717, 1.165) is 0 Å². The second-order valence-corrected chi connectivity index (χ2v) is 6.00. The summed E-state index contributed by atoms with van der Waals surface area (Å²) in [7, 11) is 0. The molecule has 3 nitrogen and oxygen atoms in total. The normalized spacial score (nSPS) is 13.0. The molecule has 0 radical (unpaired) electrons. The molecule has 0 saturated carbocycles. The number of rotatable bonds is 3. The molecule has 1 heterocycles. The highest BCUT2D eigenvalue weighted by Crippen LogP contribution is 2.32. The third-order valence-corrected chi connectivity index (χ3v) is 3.67. The van der Waals surface area contributed by atoms with E-state index in [9.17, 15) is 8.78 Å². The second kappa shape index (κ2) is 5.79. The highest BCUT2D eigenvalue weighted by atomic mass is 79.9. The smallest absolute Gasteiger partial charge is 0.132 e. The summed E-state index contributed by atoms with van der Waals surface area (Å²) in [6, 6.07) is 1.29. The molecule has 0 aliphatic rings. The lowest BCUT2D eigenvalue weighted by molar-refractivity contribution is 0.483. The van der Waals surface area contributed by atoms with E-state index in [1.54, 1.807) is 4.68 Å². The van der Waals surface area contributed by atoms with Gasteiger partial charge in [0.25, 0.3) is 0 Å². The Morgan fingerprint density at radius 2 is 1.85 bits per heavy atom. The van der Waals surface area contributed by atoms with E-state index in [4.69, 9.17) is 17.3 Å². The number of aromatic nitrogens is 2. The van der Waals surface area contributed by atoms with Crippen LogP contribution in [-0.4, -0.2) is 9.78 Å². The van der Waals surface area contributed by atoms with Crippen LogP contribution in [0.3, 0.4) is 0 Å². The van der Waals surface area contributed by atoms with Gasteiger partial charge in [0.15, 0.2) is 0 Å². The van der Waals surface area contributed by atoms with E-state index in [2.05, 4.69) is 21.0 Å². The van der Waals surface area contributed by atoms with Gasteiger partial charge in [-0.1, -0.05) is 27.5 Å². The fourth-order valence-electron chi connectivity index (χ4n) is 2.04. The molecule has 0 fully saturated rings. The number of nitrogens with two attached hydrogens (primary N) is 1. The van der Waals surface area contributed by atoms with Crippen molar-refractivity contribution in [3.05, 3.63) is 50.7 Å². The van der Waals surface area contributed by atoms with Gasteiger partial charge in [-0.3, -0.25) is 4.68 Å². The lowest BCUT2D eigenvalue weighted by Gasteiger charge is -2.19. The summed E-state index contributed by atoms with van der Waals surface area (Å²) in [4.78, 5) is 0. The van der Waals surface area contributed by atoms with Crippen LogP contribution in [0.25, 0.3) is 0 Å². The molecule has 0 aliphatic carbocycles. The second-order valence-electron chi connectivity index (χ2n) is 4.68. The summed E-state index contributed by atoms with van der Waals surface area (Å²) < 4.78 is 29.9. The van der Waals surface area contributed by atoms with Crippen molar-refractivity contribution in [2.24, 2.45) is 5.73 Å². The summed E-state index contributed by atoms with van der Waals surface area (Å²) in [6.45, 7) is 3.77. The average Bonchev–Trinajstić information content (AvgIpc) is 2.69. The number of nitrogens with zero attached hydrogens (tertiary/aromatic N) is 2. The van der Waals surface area contributed by atoms with Gasteiger partial charge in [0, 0.05) is 16.1 Å². The number of hydrogen-bond acceptors (Lipinski definition) is 2. The maximum atomic E-state index is 14.0. The van der Waals surface area contributed by atoms with Gasteiger partial charge in [0.2, 0.25) is 0 Å². The van der Waals surface area contributed by atoms with Gasteiger partial charge in [0.05, 0.1) is 23.0 Å². The van der Waals surface area contributed by atoms with Crippen molar-refractivity contribution in [1.29, 1.82) is 0 Å². The van der Waals surface area contributed by atoms with Crippen LogP contribution in [0.15, 0.2) is 22.8 Å². The highest BCUT2D eigenvalue weighted by Gasteiger charge is 2.25. The summed E-state index contributed by atoms with van der Waals surface area (Å²) in [5, 5.41) is 4.37. The molecular formula is C13H13BrClF2N3. The first-order chi connectivity index (χ1) is 9.32. The van der Waals surface area contributed by atoms with Crippen LogP contribution < -0.4 is 5.73 Å². The Hall–Kier alpha value is -0.980. The van der Waals surface area contributed by atoms with Gasteiger partial charge in [-0.2, -0.15) is 5.10 Å². The molecule has 2 N–H and O–H groups in total. The predicted octanol–water partition coefficient (Wildman–Crippen LogP) is 4.21. The number of halogens is 4. The summed E-state index contributed by atoms with van der Waals surface area (Å²) in [5.41, 5.74) is 6.18. The molecule has 108 valence electrons. The maximum Gasteiger partial charge on any atom is 0.132 e. The van der Waals surface area contributed by atoms with Crippen LogP contribution in [0.4, 0.5) is 8.78 Å². The highest BCUT2D eigenvalue weighted by molar-refractivity contribution is 9.10. The zero-order chi connectivity index (χ0) is 15.0. The van der Waals surface area contributed by atoms with Crippen molar-refractivity contribution < 1.29 is 8.78 Å². The molecule has 1 aromatic carbocycles. The fraction of sp³-hybridized carbons (Fsp3) is 0.308. The van der Waals surface area contributed by atoms with Gasteiger partial charge in [-0.25, -0.2) is 8.78 Å². The molecule has 1 aromatic heterocycles. The Labute approximate surface area is 128 Å². The van der Waals surface area contributed by atoms with Gasteiger partial charge >= 0.3 is 0 Å². The standard InChI is InChI=1S/C13H13BrClF2N3/c1-6(2)20-13(8(15)5-19-20)12(18)11-9(16)3-7(14)4-10(11)17/h3-6,12H,18H2,1-2H3. The van der Waals surface area contributed by atoms with E-state index >= 15 is 0 Å². The number of hydrogen-bond donors (Lipinski definition) is 1. The van der Waals surface area contributed by atoms with Crippen LogP contribution in [0, 0.1) is 11.6 Å². The van der Waals surface area contributed by atoms with Crippen molar-refractivity contribution in [2.45, 2.75) is 25.9 Å². The lowest BCUT2D eigenvalue weighted by Crippen LogP contribution is -2.21. The first-order valence-corrected chi connectivity index (χ1v) is 7.13. The number of benzene rings is 1. The van der Waals surface area contributed by atoms with E-state index < -0.39 is 17.7 Å². The zero-order valence-electron chi connectivity index (χ0n) is 10.9. The van der Waals surface area contributed by atoms with Gasteiger partial charge in [-0.05, 0) is 26.0 Å². The minimum absolute atomic E-state index is 0.0230. The van der Waals surface area contributed by atoms with E-state index in [1.165, 1.54) is 18.3 Å². The molecule has 7 heteroatoms. The monoisotopic (exact) mass is 363 g/mol. The molecule has 1 atom stereocenters. The summed E-state index contributed by atoms with van der Waals surface area (Å²) >= 11 is 9.08. The molecule has 0 spiro atoms. The zero-order valence-corrected chi connectivity index (χ0v) is 13.2.